The van der Waals surface area contributed by atoms with E-state index in [4.69, 9.17) is 104 Å². The van der Waals surface area contributed by atoms with Crippen molar-refractivity contribution in [3.63, 3.8) is 0 Å². The lowest BCUT2D eigenvalue weighted by molar-refractivity contribution is 0.577. The van der Waals surface area contributed by atoms with Crippen molar-refractivity contribution >= 4 is 110 Å². The van der Waals surface area contributed by atoms with Crippen LogP contribution in [0.15, 0.2) is 0 Å². The van der Waals surface area contributed by atoms with Gasteiger partial charge in [0.05, 0.1) is 0 Å². The quantitative estimate of drug-likeness (QED) is 0.343. The third-order valence-corrected chi connectivity index (χ3v) is 7.63. The van der Waals surface area contributed by atoms with Crippen molar-refractivity contribution in [2.45, 2.75) is 25.0 Å². The summed E-state index contributed by atoms with van der Waals surface area (Å²) in [5.41, 5.74) is 0. The van der Waals surface area contributed by atoms with Gasteiger partial charge in [0.2, 0.25) is 0 Å². The van der Waals surface area contributed by atoms with Crippen LogP contribution in [0.3, 0.4) is 0 Å². The Hall–Kier alpha value is 2.84. The average Bonchev–Trinajstić information content (AvgIpc) is 1.72. The van der Waals surface area contributed by atoms with Gasteiger partial charge in [-0.3, -0.25) is 4.57 Å². The van der Waals surface area contributed by atoms with E-state index >= 15 is 0 Å². The Morgan fingerprint density at radius 1 is 0.812 bits per heavy atom. The van der Waals surface area contributed by atoms with E-state index in [1.165, 1.54) is 0 Å². The third-order valence-electron chi connectivity index (χ3n) is 1.31. The van der Waals surface area contributed by atoms with E-state index in [1.54, 1.807) is 0 Å². The van der Waals surface area contributed by atoms with E-state index in [0.29, 0.717) is 0 Å². The van der Waals surface area contributed by atoms with Crippen LogP contribution in [0.2, 0.25) is 0 Å². The summed E-state index contributed by atoms with van der Waals surface area (Å²) in [6.07, 6.45) is -0.715. The lowest BCUT2D eigenvalue weighted by Gasteiger charge is -2.30. The number of rotatable bonds is 4. The van der Waals surface area contributed by atoms with E-state index in [2.05, 4.69) is 0 Å². The number of halogens is 9. The number of hydrogen-bond donors (Lipinski definition) is 0. The second kappa shape index (κ2) is 6.08. The molecule has 0 saturated heterocycles. The molecule has 0 radical (unpaired) electrons. The predicted molar refractivity (Wildman–Crippen MR) is 77.7 cm³/mol. The normalized spacial score (nSPS) is 15.3. The van der Waals surface area contributed by atoms with E-state index in [9.17, 15) is 4.57 Å². The topological polar surface area (TPSA) is 17.1 Å². The van der Waals surface area contributed by atoms with Crippen LogP contribution in [-0.2, 0) is 4.57 Å². The zero-order chi connectivity index (χ0) is 13.4. The van der Waals surface area contributed by atoms with Gasteiger partial charge in [-0.1, -0.05) is 58.0 Å². The van der Waals surface area contributed by atoms with Gasteiger partial charge in [-0.15, -0.1) is 23.2 Å². The van der Waals surface area contributed by atoms with Crippen LogP contribution in [0.4, 0.5) is 0 Å². The highest BCUT2D eigenvalue weighted by Gasteiger charge is 2.50. The summed E-state index contributed by atoms with van der Waals surface area (Å²) >= 11 is 50.2. The maximum Gasteiger partial charge on any atom is 0.287 e. The van der Waals surface area contributed by atoms with Crippen LogP contribution < -0.4 is 0 Å². The van der Waals surface area contributed by atoms with Crippen molar-refractivity contribution in [3.05, 3.63) is 0 Å². The van der Waals surface area contributed by atoms with E-state index in [1.807, 2.05) is 0 Å². The van der Waals surface area contributed by atoms with Crippen LogP contribution in [-0.4, -0.2) is 12.2 Å². The first-order valence-corrected chi connectivity index (χ1v) is 9.64. The second-order valence-electron chi connectivity index (χ2n) is 2.95. The van der Waals surface area contributed by atoms with Crippen LogP contribution in [0.1, 0.15) is 12.8 Å². The third kappa shape index (κ3) is 7.43. The van der Waals surface area contributed by atoms with Gasteiger partial charge in [-0.25, -0.2) is 0 Å². The predicted octanol–water partition coefficient (Wildman–Crippen LogP) is 7.11. The fourth-order valence-electron chi connectivity index (χ4n) is 0.759. The molecular formula is C5H4Cl9OP. The summed E-state index contributed by atoms with van der Waals surface area (Å²) in [6.45, 7) is 0. The summed E-state index contributed by atoms with van der Waals surface area (Å²) < 4.78 is 5.97. The minimum Gasteiger partial charge on any atom is -0.286 e. The average molecular weight is 430 g/mol. The molecule has 0 atom stereocenters. The first kappa shape index (κ1) is 18.8. The fraction of sp³-hybridized carbons (Fsp3) is 1.00. The van der Waals surface area contributed by atoms with Crippen LogP contribution in [0.25, 0.3) is 0 Å². The zero-order valence-corrected chi connectivity index (χ0v) is 14.9. The maximum atomic E-state index is 11.3. The molecule has 0 aromatic rings. The van der Waals surface area contributed by atoms with Crippen molar-refractivity contribution < 1.29 is 4.57 Å². The molecular weight excluding hydrogens is 426 g/mol. The second-order valence-corrected chi connectivity index (χ2v) is 14.2. The Labute approximate surface area is 138 Å². The minimum atomic E-state index is -3.85. The first-order valence-electron chi connectivity index (χ1n) is 3.48. The van der Waals surface area contributed by atoms with Crippen molar-refractivity contribution in [2.75, 3.05) is 0 Å². The molecule has 0 N–H and O–H groups in total. The van der Waals surface area contributed by atoms with Gasteiger partial charge in [0.1, 0.15) is 4.33 Å². The SMILES string of the molecule is O=P(Cl)(Cl)C(Cl)(Cl)CC(Cl)(Cl)CC(Cl)(Cl)Cl. The van der Waals surface area contributed by atoms with Crippen LogP contribution >= 0.6 is 110 Å². The summed E-state index contributed by atoms with van der Waals surface area (Å²) in [4.78, 5) is 0. The summed E-state index contributed by atoms with van der Waals surface area (Å²) in [5.74, 6) is -3.85. The molecule has 0 aliphatic heterocycles. The Kier molecular flexibility index (Phi) is 7.16. The molecule has 0 aromatic carbocycles. The largest absolute Gasteiger partial charge is 0.287 e. The van der Waals surface area contributed by atoms with Crippen LogP contribution in [0, 0.1) is 0 Å². The Bertz CT molecular complexity index is 289. The van der Waals surface area contributed by atoms with E-state index < -0.39 is 24.5 Å². The van der Waals surface area contributed by atoms with Crippen molar-refractivity contribution in [1.82, 2.24) is 0 Å². The smallest absolute Gasteiger partial charge is 0.286 e. The molecule has 0 rings (SSSR count). The monoisotopic (exact) mass is 426 g/mol. The van der Waals surface area contributed by atoms with E-state index in [-0.39, 0.29) is 6.42 Å². The maximum absolute atomic E-state index is 11.3. The highest BCUT2D eigenvalue weighted by atomic mass is 35.9. The lowest BCUT2D eigenvalue weighted by atomic mass is 10.2. The van der Waals surface area contributed by atoms with Gasteiger partial charge < -0.3 is 0 Å². The molecule has 0 aliphatic rings. The highest BCUT2D eigenvalue weighted by Crippen LogP contribution is 2.73. The molecule has 0 unspecified atom stereocenters. The van der Waals surface area contributed by atoms with Gasteiger partial charge in [0.25, 0.3) is 5.85 Å². The van der Waals surface area contributed by atoms with E-state index in [0.717, 1.165) is 0 Å². The van der Waals surface area contributed by atoms with Gasteiger partial charge in [-0.05, 0) is 22.5 Å². The fourth-order valence-corrected chi connectivity index (χ4v) is 4.38. The molecule has 0 aliphatic carbocycles. The first-order chi connectivity index (χ1) is 6.66. The van der Waals surface area contributed by atoms with Gasteiger partial charge in [0, 0.05) is 12.8 Å². The highest BCUT2D eigenvalue weighted by molar-refractivity contribution is 8.11. The number of hydrogen-bond acceptors (Lipinski definition) is 1. The molecule has 0 amide bonds. The molecule has 98 valence electrons. The molecule has 0 saturated carbocycles. The standard InChI is InChI=1S/C5H4Cl9OP/c6-3(7,1-4(8,9)10)2-5(11,12)16(13,14)15/h1-2H2. The Balaban J connectivity index is 4.78. The molecule has 0 aromatic heterocycles. The lowest BCUT2D eigenvalue weighted by Crippen LogP contribution is -2.28. The van der Waals surface area contributed by atoms with Gasteiger partial charge in [0.15, 0.2) is 7.87 Å². The minimum absolute atomic E-state index is 0.289. The number of alkyl halides is 7. The molecule has 16 heavy (non-hydrogen) atoms. The molecule has 0 heterocycles. The van der Waals surface area contributed by atoms with Crippen molar-refractivity contribution in [1.29, 1.82) is 0 Å². The van der Waals surface area contributed by atoms with Crippen LogP contribution in [0.5, 0.6) is 0 Å². The summed E-state index contributed by atoms with van der Waals surface area (Å²) in [5, 5.41) is 0. The van der Waals surface area contributed by atoms with Crippen molar-refractivity contribution in [2.24, 2.45) is 0 Å². The summed E-state index contributed by atoms with van der Waals surface area (Å²) in [6, 6.07) is 0. The Morgan fingerprint density at radius 2 is 1.19 bits per heavy atom. The van der Waals surface area contributed by atoms with Gasteiger partial charge >= 0.3 is 0 Å². The molecule has 1 nitrogen and oxygen atoms in total. The molecule has 0 bridgehead atoms. The molecule has 11 heteroatoms. The molecule has 0 fully saturated rings. The van der Waals surface area contributed by atoms with Crippen molar-refractivity contribution in [3.8, 4) is 0 Å². The zero-order valence-electron chi connectivity index (χ0n) is 7.17. The molecule has 0 spiro atoms. The Morgan fingerprint density at radius 3 is 1.44 bits per heavy atom. The summed E-state index contributed by atoms with van der Waals surface area (Å²) in [7, 11) is 0. The van der Waals surface area contributed by atoms with Gasteiger partial charge in [-0.2, -0.15) is 0 Å².